The van der Waals surface area contributed by atoms with Crippen molar-refractivity contribution in [2.24, 2.45) is 0 Å². The molecule has 0 heterocycles. The van der Waals surface area contributed by atoms with Crippen molar-refractivity contribution in [1.82, 2.24) is 5.32 Å². The summed E-state index contributed by atoms with van der Waals surface area (Å²) in [5.41, 5.74) is 1.94. The van der Waals surface area contributed by atoms with Gasteiger partial charge in [0.25, 0.3) is 0 Å². The molecule has 4 nitrogen and oxygen atoms in total. The normalized spacial score (nSPS) is 11.6. The first-order valence-electron chi connectivity index (χ1n) is 7.74. The summed E-state index contributed by atoms with van der Waals surface area (Å²) in [6, 6.07) is 16.2. The van der Waals surface area contributed by atoms with Crippen LogP contribution in [0.2, 0.25) is 5.02 Å². The van der Waals surface area contributed by atoms with Gasteiger partial charge in [-0.3, -0.25) is 4.79 Å². The molecule has 1 amide bonds. The molecule has 0 saturated heterocycles. The Labute approximate surface area is 146 Å². The third-order valence-electron chi connectivity index (χ3n) is 3.63. The molecule has 0 aliphatic rings. The van der Waals surface area contributed by atoms with Crippen molar-refractivity contribution in [1.29, 1.82) is 0 Å². The number of benzene rings is 2. The van der Waals surface area contributed by atoms with E-state index in [0.717, 1.165) is 11.1 Å². The summed E-state index contributed by atoms with van der Waals surface area (Å²) in [6.45, 7) is 0. The van der Waals surface area contributed by atoms with E-state index in [1.165, 1.54) is 7.11 Å². The zero-order valence-corrected chi connectivity index (χ0v) is 14.3. The lowest BCUT2D eigenvalue weighted by atomic mass is 10.1. The van der Waals surface area contributed by atoms with E-state index >= 15 is 0 Å². The zero-order chi connectivity index (χ0) is 17.4. The van der Waals surface area contributed by atoms with Gasteiger partial charge < -0.3 is 10.1 Å². The molecule has 2 aromatic rings. The molecule has 0 unspecified atom stereocenters. The zero-order valence-electron chi connectivity index (χ0n) is 13.5. The Morgan fingerprint density at radius 2 is 1.79 bits per heavy atom. The van der Waals surface area contributed by atoms with Crippen LogP contribution in [-0.2, 0) is 27.2 Å². The van der Waals surface area contributed by atoms with Crippen LogP contribution >= 0.6 is 11.6 Å². The summed E-state index contributed by atoms with van der Waals surface area (Å²) >= 11 is 5.96. The number of amides is 1. The van der Waals surface area contributed by atoms with Crippen molar-refractivity contribution in [3.63, 3.8) is 0 Å². The van der Waals surface area contributed by atoms with Crippen LogP contribution in [0.15, 0.2) is 54.6 Å². The lowest BCUT2D eigenvalue weighted by Gasteiger charge is -2.17. The van der Waals surface area contributed by atoms with Gasteiger partial charge in [0.15, 0.2) is 0 Å². The van der Waals surface area contributed by atoms with Crippen LogP contribution in [-0.4, -0.2) is 25.0 Å². The van der Waals surface area contributed by atoms with Gasteiger partial charge in [-0.05, 0) is 29.7 Å². The maximum Gasteiger partial charge on any atom is 0.328 e. The number of esters is 1. The number of hydrogen-bond donors (Lipinski definition) is 1. The SMILES string of the molecule is COC(=O)[C@H](Cc1cccc(Cl)c1)NC(=O)CCc1ccccc1. The number of carbonyl (C=O) groups excluding carboxylic acids is 2. The highest BCUT2D eigenvalue weighted by Gasteiger charge is 2.21. The van der Waals surface area contributed by atoms with Gasteiger partial charge in [0.2, 0.25) is 5.91 Å². The van der Waals surface area contributed by atoms with E-state index in [1.807, 2.05) is 42.5 Å². The second-order valence-corrected chi connectivity index (χ2v) is 5.90. The van der Waals surface area contributed by atoms with Crippen molar-refractivity contribution in [3.8, 4) is 0 Å². The highest BCUT2D eigenvalue weighted by molar-refractivity contribution is 6.30. The minimum Gasteiger partial charge on any atom is -0.467 e. The van der Waals surface area contributed by atoms with Crippen LogP contribution in [0, 0.1) is 0 Å². The predicted octanol–water partition coefficient (Wildman–Crippen LogP) is 3.17. The summed E-state index contributed by atoms with van der Waals surface area (Å²) in [7, 11) is 1.31. The van der Waals surface area contributed by atoms with E-state index in [-0.39, 0.29) is 5.91 Å². The topological polar surface area (TPSA) is 55.4 Å². The fourth-order valence-electron chi connectivity index (χ4n) is 2.40. The lowest BCUT2D eigenvalue weighted by molar-refractivity contribution is -0.145. The first-order valence-corrected chi connectivity index (χ1v) is 8.12. The van der Waals surface area contributed by atoms with Crippen molar-refractivity contribution in [3.05, 3.63) is 70.7 Å². The third-order valence-corrected chi connectivity index (χ3v) is 3.87. The van der Waals surface area contributed by atoms with E-state index < -0.39 is 12.0 Å². The molecule has 24 heavy (non-hydrogen) atoms. The average molecular weight is 346 g/mol. The molecule has 0 spiro atoms. The monoisotopic (exact) mass is 345 g/mol. The predicted molar refractivity (Wildman–Crippen MR) is 93.9 cm³/mol. The summed E-state index contributed by atoms with van der Waals surface area (Å²) in [5.74, 6) is -0.653. The van der Waals surface area contributed by atoms with Crippen LogP contribution in [0.5, 0.6) is 0 Å². The Balaban J connectivity index is 1.95. The van der Waals surface area contributed by atoms with Gasteiger partial charge in [0, 0.05) is 17.9 Å². The molecule has 5 heteroatoms. The van der Waals surface area contributed by atoms with E-state index in [4.69, 9.17) is 16.3 Å². The van der Waals surface area contributed by atoms with Gasteiger partial charge in [-0.25, -0.2) is 4.79 Å². The molecule has 0 saturated carbocycles. The van der Waals surface area contributed by atoms with Crippen LogP contribution in [0.4, 0.5) is 0 Å². The van der Waals surface area contributed by atoms with E-state index in [2.05, 4.69) is 5.32 Å². The number of aryl methyl sites for hydroxylation is 1. The average Bonchev–Trinajstić information content (AvgIpc) is 2.59. The van der Waals surface area contributed by atoms with Gasteiger partial charge in [0.1, 0.15) is 6.04 Å². The standard InChI is InChI=1S/C19H20ClNO3/c1-24-19(23)17(13-15-8-5-9-16(20)12-15)21-18(22)11-10-14-6-3-2-4-7-14/h2-9,12,17H,10-11,13H2,1H3,(H,21,22)/t17-/m0/s1. The summed E-state index contributed by atoms with van der Waals surface area (Å²) in [4.78, 5) is 24.1. The molecule has 1 atom stereocenters. The molecule has 0 aromatic heterocycles. The fraction of sp³-hybridized carbons (Fsp3) is 0.263. The number of rotatable bonds is 7. The van der Waals surface area contributed by atoms with E-state index in [1.54, 1.807) is 12.1 Å². The smallest absolute Gasteiger partial charge is 0.328 e. The Hall–Kier alpha value is -2.33. The molecule has 0 bridgehead atoms. The van der Waals surface area contributed by atoms with Gasteiger partial charge in [0.05, 0.1) is 7.11 Å². The van der Waals surface area contributed by atoms with Crippen LogP contribution < -0.4 is 5.32 Å². The van der Waals surface area contributed by atoms with Gasteiger partial charge in [-0.2, -0.15) is 0 Å². The van der Waals surface area contributed by atoms with Crippen LogP contribution in [0.3, 0.4) is 0 Å². The third kappa shape index (κ3) is 5.70. The molecule has 0 radical (unpaired) electrons. The summed E-state index contributed by atoms with van der Waals surface area (Å²) in [5, 5.41) is 3.34. The molecule has 0 fully saturated rings. The Kier molecular flexibility index (Phi) is 6.82. The largest absolute Gasteiger partial charge is 0.467 e. The second-order valence-electron chi connectivity index (χ2n) is 5.46. The maximum atomic E-state index is 12.2. The maximum absolute atomic E-state index is 12.2. The molecule has 126 valence electrons. The first kappa shape index (κ1) is 18.0. The van der Waals surface area contributed by atoms with Crippen molar-refractivity contribution < 1.29 is 14.3 Å². The highest BCUT2D eigenvalue weighted by Crippen LogP contribution is 2.13. The Bertz CT molecular complexity index is 688. The highest BCUT2D eigenvalue weighted by atomic mass is 35.5. The van der Waals surface area contributed by atoms with Crippen molar-refractivity contribution >= 4 is 23.5 Å². The molecule has 2 aromatic carbocycles. The molecular formula is C19H20ClNO3. The van der Waals surface area contributed by atoms with Crippen LogP contribution in [0.25, 0.3) is 0 Å². The van der Waals surface area contributed by atoms with E-state index in [9.17, 15) is 9.59 Å². The van der Waals surface area contributed by atoms with Crippen molar-refractivity contribution in [2.45, 2.75) is 25.3 Å². The van der Waals surface area contributed by atoms with Gasteiger partial charge >= 0.3 is 5.97 Å². The lowest BCUT2D eigenvalue weighted by Crippen LogP contribution is -2.43. The fourth-order valence-corrected chi connectivity index (χ4v) is 2.62. The van der Waals surface area contributed by atoms with E-state index in [0.29, 0.717) is 24.3 Å². The number of carbonyl (C=O) groups is 2. The first-order chi connectivity index (χ1) is 11.6. The Morgan fingerprint density at radius 3 is 2.46 bits per heavy atom. The number of hydrogen-bond acceptors (Lipinski definition) is 3. The molecule has 0 aliphatic carbocycles. The number of nitrogens with one attached hydrogen (secondary N) is 1. The van der Waals surface area contributed by atoms with Crippen LogP contribution in [0.1, 0.15) is 17.5 Å². The Morgan fingerprint density at radius 1 is 1.08 bits per heavy atom. The summed E-state index contributed by atoms with van der Waals surface area (Å²) in [6.07, 6.45) is 1.27. The number of ether oxygens (including phenoxy) is 1. The summed E-state index contributed by atoms with van der Waals surface area (Å²) < 4.78 is 4.79. The molecule has 1 N–H and O–H groups in total. The minimum atomic E-state index is -0.725. The second kappa shape index (κ2) is 9.08. The minimum absolute atomic E-state index is 0.184. The quantitative estimate of drug-likeness (QED) is 0.784. The molecule has 2 rings (SSSR count). The van der Waals surface area contributed by atoms with Gasteiger partial charge in [-0.1, -0.05) is 54.1 Å². The number of methoxy groups -OCH3 is 1. The van der Waals surface area contributed by atoms with Crippen molar-refractivity contribution in [2.75, 3.05) is 7.11 Å². The number of halogens is 1. The van der Waals surface area contributed by atoms with Gasteiger partial charge in [-0.15, -0.1) is 0 Å². The molecule has 0 aliphatic heterocycles. The molecular weight excluding hydrogens is 326 g/mol.